The average molecular weight is 530 g/mol. The first kappa shape index (κ1) is 25.8. The van der Waals surface area contributed by atoms with Crippen molar-refractivity contribution in [2.45, 2.75) is 16.7 Å². The highest BCUT2D eigenvalue weighted by molar-refractivity contribution is 7.92. The number of nitrogens with one attached hydrogen (secondary N) is 1. The molecule has 0 radical (unpaired) electrons. The molecule has 1 saturated heterocycles. The predicted molar refractivity (Wildman–Crippen MR) is 137 cm³/mol. The minimum absolute atomic E-state index is 0.114. The summed E-state index contributed by atoms with van der Waals surface area (Å²) in [6, 6.07) is 18.7. The highest BCUT2D eigenvalue weighted by atomic mass is 32.2. The van der Waals surface area contributed by atoms with Gasteiger partial charge in [-0.05, 0) is 55.5 Å². The summed E-state index contributed by atoms with van der Waals surface area (Å²) < 4.78 is 59.6. The molecular formula is C25H27N3O6S2. The topological polar surface area (TPSA) is 113 Å². The van der Waals surface area contributed by atoms with Gasteiger partial charge in [0.15, 0.2) is 0 Å². The maximum absolute atomic E-state index is 13.2. The third kappa shape index (κ3) is 5.29. The fourth-order valence-corrected chi connectivity index (χ4v) is 6.41. The van der Waals surface area contributed by atoms with Crippen LogP contribution >= 0.6 is 0 Å². The number of benzene rings is 3. The molecule has 190 valence electrons. The molecular weight excluding hydrogens is 502 g/mol. The number of anilines is 2. The molecule has 1 N–H and O–H groups in total. The normalized spacial score (nSPS) is 14.8. The van der Waals surface area contributed by atoms with Crippen molar-refractivity contribution in [3.63, 3.8) is 0 Å². The number of nitrogens with zero attached hydrogens (tertiary/aromatic N) is 2. The molecule has 0 saturated carbocycles. The van der Waals surface area contributed by atoms with Gasteiger partial charge in [-0.3, -0.25) is 9.10 Å². The molecule has 3 aromatic carbocycles. The molecule has 11 heteroatoms. The largest absolute Gasteiger partial charge is 0.379 e. The van der Waals surface area contributed by atoms with E-state index in [2.05, 4.69) is 5.32 Å². The van der Waals surface area contributed by atoms with E-state index in [4.69, 9.17) is 4.74 Å². The van der Waals surface area contributed by atoms with E-state index in [1.54, 1.807) is 30.3 Å². The van der Waals surface area contributed by atoms with Gasteiger partial charge in [-0.15, -0.1) is 0 Å². The van der Waals surface area contributed by atoms with Crippen molar-refractivity contribution < 1.29 is 26.4 Å². The number of carbonyl (C=O) groups is 1. The van der Waals surface area contributed by atoms with Crippen molar-refractivity contribution in [3.8, 4) is 0 Å². The van der Waals surface area contributed by atoms with Crippen molar-refractivity contribution in [1.82, 2.24) is 4.31 Å². The molecule has 4 rings (SSSR count). The molecule has 0 aliphatic carbocycles. The van der Waals surface area contributed by atoms with Gasteiger partial charge in [0.05, 0.1) is 34.3 Å². The van der Waals surface area contributed by atoms with Crippen LogP contribution in [0, 0.1) is 6.92 Å². The molecule has 0 unspecified atom stereocenters. The lowest BCUT2D eigenvalue weighted by Crippen LogP contribution is -2.40. The van der Waals surface area contributed by atoms with E-state index in [0.717, 1.165) is 9.87 Å². The maximum Gasteiger partial charge on any atom is 0.264 e. The number of rotatable bonds is 7. The van der Waals surface area contributed by atoms with Crippen LogP contribution in [0.5, 0.6) is 0 Å². The van der Waals surface area contributed by atoms with Gasteiger partial charge in [-0.2, -0.15) is 4.31 Å². The Morgan fingerprint density at radius 3 is 2.08 bits per heavy atom. The number of ether oxygens (including phenoxy) is 1. The molecule has 0 aromatic heterocycles. The molecule has 9 nitrogen and oxygen atoms in total. The first-order chi connectivity index (χ1) is 17.1. The molecule has 3 aromatic rings. The lowest BCUT2D eigenvalue weighted by molar-refractivity contribution is 0.0730. The Balaban J connectivity index is 1.54. The van der Waals surface area contributed by atoms with Crippen molar-refractivity contribution >= 4 is 37.3 Å². The Bertz CT molecular complexity index is 1450. The van der Waals surface area contributed by atoms with Crippen LogP contribution in [0.2, 0.25) is 0 Å². The Kier molecular flexibility index (Phi) is 7.46. The van der Waals surface area contributed by atoms with Crippen LogP contribution in [0.1, 0.15) is 15.9 Å². The first-order valence-corrected chi connectivity index (χ1v) is 14.1. The highest BCUT2D eigenvalue weighted by Gasteiger charge is 2.27. The van der Waals surface area contributed by atoms with Crippen molar-refractivity contribution in [1.29, 1.82) is 0 Å². The van der Waals surface area contributed by atoms with Crippen LogP contribution in [0.3, 0.4) is 0 Å². The third-order valence-electron chi connectivity index (χ3n) is 5.89. The summed E-state index contributed by atoms with van der Waals surface area (Å²) in [6.45, 7) is 3.14. The van der Waals surface area contributed by atoms with Crippen LogP contribution in [0.15, 0.2) is 82.6 Å². The standard InChI is InChI=1S/C25H27N3O6S2/c1-19-7-11-21(12-8-19)35(30,31)27(2)24-6-4-3-5-23(24)25(29)26-20-9-13-22(14-10-20)36(32,33)28-15-17-34-18-16-28/h3-14H,15-18H2,1-2H3,(H,26,29). The summed E-state index contributed by atoms with van der Waals surface area (Å²) in [5, 5.41) is 2.72. The summed E-state index contributed by atoms with van der Waals surface area (Å²) in [7, 11) is -6.16. The lowest BCUT2D eigenvalue weighted by Gasteiger charge is -2.26. The quantitative estimate of drug-likeness (QED) is 0.503. The minimum Gasteiger partial charge on any atom is -0.379 e. The smallest absolute Gasteiger partial charge is 0.264 e. The third-order valence-corrected chi connectivity index (χ3v) is 9.59. The zero-order valence-electron chi connectivity index (χ0n) is 19.9. The summed E-state index contributed by atoms with van der Waals surface area (Å²) in [5.74, 6) is -0.527. The molecule has 1 heterocycles. The summed E-state index contributed by atoms with van der Waals surface area (Å²) >= 11 is 0. The van der Waals surface area contributed by atoms with Crippen molar-refractivity contribution in [2.75, 3.05) is 43.0 Å². The van der Waals surface area contributed by atoms with Gasteiger partial charge >= 0.3 is 0 Å². The van der Waals surface area contributed by atoms with E-state index in [-0.39, 0.29) is 34.1 Å². The fourth-order valence-electron chi connectivity index (χ4n) is 3.78. The van der Waals surface area contributed by atoms with Gasteiger partial charge in [0.2, 0.25) is 10.0 Å². The Hall–Kier alpha value is -3.25. The average Bonchev–Trinajstić information content (AvgIpc) is 2.89. The van der Waals surface area contributed by atoms with E-state index in [0.29, 0.717) is 18.9 Å². The maximum atomic E-state index is 13.2. The van der Waals surface area contributed by atoms with Crippen LogP contribution in [0.25, 0.3) is 0 Å². The molecule has 0 spiro atoms. The predicted octanol–water partition coefficient (Wildman–Crippen LogP) is 3.09. The van der Waals surface area contributed by atoms with Gasteiger partial charge in [0, 0.05) is 25.8 Å². The van der Waals surface area contributed by atoms with E-state index in [1.165, 1.54) is 53.8 Å². The van der Waals surface area contributed by atoms with Gasteiger partial charge in [-0.25, -0.2) is 16.8 Å². The number of hydrogen-bond donors (Lipinski definition) is 1. The second-order valence-corrected chi connectivity index (χ2v) is 12.2. The Morgan fingerprint density at radius 2 is 1.44 bits per heavy atom. The lowest BCUT2D eigenvalue weighted by atomic mass is 10.1. The second kappa shape index (κ2) is 10.4. The fraction of sp³-hybridized carbons (Fsp3) is 0.240. The molecule has 1 aliphatic rings. The molecule has 0 atom stereocenters. The van der Waals surface area contributed by atoms with Crippen LogP contribution in [-0.4, -0.2) is 60.4 Å². The Labute approximate surface area is 211 Å². The van der Waals surface area contributed by atoms with Gasteiger partial charge in [0.1, 0.15) is 0 Å². The summed E-state index contributed by atoms with van der Waals surface area (Å²) in [4.78, 5) is 13.3. The number of morpholine rings is 1. The highest BCUT2D eigenvalue weighted by Crippen LogP contribution is 2.27. The number of hydrogen-bond acceptors (Lipinski definition) is 6. The van der Waals surface area contributed by atoms with E-state index >= 15 is 0 Å². The monoisotopic (exact) mass is 529 g/mol. The van der Waals surface area contributed by atoms with E-state index in [1.807, 2.05) is 6.92 Å². The van der Waals surface area contributed by atoms with Crippen molar-refractivity contribution in [3.05, 3.63) is 83.9 Å². The van der Waals surface area contributed by atoms with Gasteiger partial charge in [0.25, 0.3) is 15.9 Å². The van der Waals surface area contributed by atoms with E-state index < -0.39 is 26.0 Å². The SMILES string of the molecule is Cc1ccc(S(=O)(=O)N(C)c2ccccc2C(=O)Nc2ccc(S(=O)(=O)N3CCOCC3)cc2)cc1. The van der Waals surface area contributed by atoms with Crippen LogP contribution < -0.4 is 9.62 Å². The van der Waals surface area contributed by atoms with Crippen LogP contribution in [-0.2, 0) is 24.8 Å². The summed E-state index contributed by atoms with van der Waals surface area (Å²) in [6.07, 6.45) is 0. The number of carbonyl (C=O) groups excluding carboxylic acids is 1. The van der Waals surface area contributed by atoms with Crippen molar-refractivity contribution in [2.24, 2.45) is 0 Å². The first-order valence-electron chi connectivity index (χ1n) is 11.2. The number of aryl methyl sites for hydroxylation is 1. The zero-order chi connectivity index (χ0) is 25.9. The number of amides is 1. The van der Waals surface area contributed by atoms with Crippen LogP contribution in [0.4, 0.5) is 11.4 Å². The second-order valence-electron chi connectivity index (χ2n) is 8.30. The van der Waals surface area contributed by atoms with Gasteiger partial charge in [-0.1, -0.05) is 29.8 Å². The van der Waals surface area contributed by atoms with Gasteiger partial charge < -0.3 is 10.1 Å². The van der Waals surface area contributed by atoms with E-state index in [9.17, 15) is 21.6 Å². The molecule has 1 fully saturated rings. The zero-order valence-corrected chi connectivity index (χ0v) is 21.6. The molecule has 0 bridgehead atoms. The number of sulfonamides is 2. The number of para-hydroxylation sites is 1. The Morgan fingerprint density at radius 1 is 0.861 bits per heavy atom. The molecule has 1 aliphatic heterocycles. The minimum atomic E-state index is -3.90. The summed E-state index contributed by atoms with van der Waals surface area (Å²) in [5.41, 5.74) is 1.67. The molecule has 1 amide bonds. The molecule has 36 heavy (non-hydrogen) atoms.